The molecule has 0 N–H and O–H groups in total. The largest absolute Gasteiger partial charge is 0.378 e. The summed E-state index contributed by atoms with van der Waals surface area (Å²) in [6, 6.07) is 2.15. The van der Waals surface area contributed by atoms with E-state index >= 15 is 0 Å². The highest BCUT2D eigenvalue weighted by Crippen LogP contribution is 2.23. The number of ether oxygens (including phenoxy) is 1. The van der Waals surface area contributed by atoms with E-state index in [1.54, 1.807) is 11.3 Å². The van der Waals surface area contributed by atoms with Crippen molar-refractivity contribution in [2.75, 3.05) is 31.2 Å². The molecule has 0 aromatic carbocycles. The van der Waals surface area contributed by atoms with Crippen LogP contribution in [0.15, 0.2) is 6.20 Å². The summed E-state index contributed by atoms with van der Waals surface area (Å²) in [5.74, 6) is 0. The zero-order valence-electron chi connectivity index (χ0n) is 8.48. The first-order valence-corrected chi connectivity index (χ1v) is 5.86. The number of hydrogen-bond acceptors (Lipinski definition) is 5. The van der Waals surface area contributed by atoms with Crippen LogP contribution in [0, 0.1) is 11.3 Å². The summed E-state index contributed by atoms with van der Waals surface area (Å²) in [7, 11) is 0. The van der Waals surface area contributed by atoms with Crippen molar-refractivity contribution < 1.29 is 4.74 Å². The average Bonchev–Trinajstić information content (AvgIpc) is 2.76. The molecule has 0 aliphatic carbocycles. The van der Waals surface area contributed by atoms with E-state index in [-0.39, 0.29) is 0 Å². The lowest BCUT2D eigenvalue weighted by Crippen LogP contribution is -2.36. The van der Waals surface area contributed by atoms with Gasteiger partial charge in [0.2, 0.25) is 0 Å². The summed E-state index contributed by atoms with van der Waals surface area (Å²) in [4.78, 5) is 7.80. The second kappa shape index (κ2) is 5.10. The van der Waals surface area contributed by atoms with Gasteiger partial charge in [0, 0.05) is 30.6 Å². The van der Waals surface area contributed by atoms with E-state index in [2.05, 4.69) is 16.0 Å². The fraction of sp³-hybridized carbons (Fsp3) is 0.600. The summed E-state index contributed by atoms with van der Waals surface area (Å²) in [6.07, 6.45) is 3.27. The SMILES string of the molecule is N#CCCc1cnc(N2CCOCC2)s1. The molecule has 0 saturated carbocycles. The van der Waals surface area contributed by atoms with Crippen LogP contribution in [-0.4, -0.2) is 31.3 Å². The maximum Gasteiger partial charge on any atom is 0.185 e. The Morgan fingerprint density at radius 2 is 2.33 bits per heavy atom. The van der Waals surface area contributed by atoms with Gasteiger partial charge in [0.25, 0.3) is 0 Å². The van der Waals surface area contributed by atoms with E-state index in [4.69, 9.17) is 10.00 Å². The highest BCUT2D eigenvalue weighted by atomic mass is 32.1. The second-order valence-corrected chi connectivity index (χ2v) is 4.46. The minimum absolute atomic E-state index is 0.574. The Kier molecular flexibility index (Phi) is 3.54. The van der Waals surface area contributed by atoms with Gasteiger partial charge >= 0.3 is 0 Å². The van der Waals surface area contributed by atoms with Crippen molar-refractivity contribution in [3.8, 4) is 6.07 Å². The number of aryl methyl sites for hydroxylation is 1. The van der Waals surface area contributed by atoms with Crippen molar-refractivity contribution in [3.63, 3.8) is 0 Å². The molecule has 0 spiro atoms. The Labute approximate surface area is 93.1 Å². The molecule has 0 atom stereocenters. The average molecular weight is 223 g/mol. The zero-order valence-corrected chi connectivity index (χ0v) is 9.29. The summed E-state index contributed by atoms with van der Waals surface area (Å²) < 4.78 is 5.29. The number of hydrogen-bond donors (Lipinski definition) is 0. The monoisotopic (exact) mass is 223 g/mol. The Balaban J connectivity index is 1.96. The molecule has 1 aromatic heterocycles. The molecule has 1 fully saturated rings. The third-order valence-corrected chi connectivity index (χ3v) is 3.42. The van der Waals surface area contributed by atoms with Crippen LogP contribution in [0.1, 0.15) is 11.3 Å². The number of thiazole rings is 1. The van der Waals surface area contributed by atoms with Gasteiger partial charge in [-0.05, 0) is 6.42 Å². The van der Waals surface area contributed by atoms with Crippen LogP contribution in [-0.2, 0) is 11.2 Å². The van der Waals surface area contributed by atoms with Crippen LogP contribution in [0.4, 0.5) is 5.13 Å². The van der Waals surface area contributed by atoms with Gasteiger partial charge in [0.15, 0.2) is 5.13 Å². The van der Waals surface area contributed by atoms with Crippen LogP contribution < -0.4 is 4.90 Å². The van der Waals surface area contributed by atoms with E-state index in [0.717, 1.165) is 37.9 Å². The van der Waals surface area contributed by atoms with Gasteiger partial charge in [-0.15, -0.1) is 11.3 Å². The smallest absolute Gasteiger partial charge is 0.185 e. The third kappa shape index (κ3) is 2.67. The predicted octanol–water partition coefficient (Wildman–Crippen LogP) is 1.44. The quantitative estimate of drug-likeness (QED) is 0.778. The molecule has 0 unspecified atom stereocenters. The highest BCUT2D eigenvalue weighted by molar-refractivity contribution is 7.15. The first kappa shape index (κ1) is 10.4. The van der Waals surface area contributed by atoms with Crippen molar-refractivity contribution in [3.05, 3.63) is 11.1 Å². The van der Waals surface area contributed by atoms with Crippen LogP contribution in [0.5, 0.6) is 0 Å². The molecule has 2 rings (SSSR count). The molecular formula is C10H13N3OS. The standard InChI is InChI=1S/C10H13N3OS/c11-3-1-2-9-8-12-10(15-9)13-4-6-14-7-5-13/h8H,1-2,4-7H2. The van der Waals surface area contributed by atoms with Crippen LogP contribution in [0.2, 0.25) is 0 Å². The maximum absolute atomic E-state index is 8.49. The lowest BCUT2D eigenvalue weighted by molar-refractivity contribution is 0.122. The summed E-state index contributed by atoms with van der Waals surface area (Å²) >= 11 is 1.69. The molecular weight excluding hydrogens is 210 g/mol. The second-order valence-electron chi connectivity index (χ2n) is 3.37. The van der Waals surface area contributed by atoms with Gasteiger partial charge in [0.1, 0.15) is 0 Å². The van der Waals surface area contributed by atoms with Crippen molar-refractivity contribution in [2.45, 2.75) is 12.8 Å². The first-order chi connectivity index (χ1) is 7.40. The van der Waals surface area contributed by atoms with Crippen molar-refractivity contribution in [1.82, 2.24) is 4.98 Å². The van der Waals surface area contributed by atoms with Crippen molar-refractivity contribution >= 4 is 16.5 Å². The summed E-state index contributed by atoms with van der Waals surface area (Å²) in [5, 5.41) is 9.55. The molecule has 5 heteroatoms. The van der Waals surface area contributed by atoms with Gasteiger partial charge < -0.3 is 9.64 Å². The normalized spacial score (nSPS) is 16.3. The minimum Gasteiger partial charge on any atom is -0.378 e. The molecule has 2 heterocycles. The van der Waals surface area contributed by atoms with E-state index in [9.17, 15) is 0 Å². The molecule has 0 bridgehead atoms. The highest BCUT2D eigenvalue weighted by Gasteiger charge is 2.14. The number of morpholine rings is 1. The lowest BCUT2D eigenvalue weighted by atomic mass is 10.3. The lowest BCUT2D eigenvalue weighted by Gasteiger charge is -2.25. The van der Waals surface area contributed by atoms with Crippen molar-refractivity contribution in [1.29, 1.82) is 5.26 Å². The molecule has 0 amide bonds. The molecule has 15 heavy (non-hydrogen) atoms. The number of nitrogens with zero attached hydrogens (tertiary/aromatic N) is 3. The number of nitriles is 1. The molecule has 80 valence electrons. The fourth-order valence-corrected chi connectivity index (χ4v) is 2.45. The summed E-state index contributed by atoms with van der Waals surface area (Å²) in [5.41, 5.74) is 0. The number of aromatic nitrogens is 1. The first-order valence-electron chi connectivity index (χ1n) is 5.04. The molecule has 1 aromatic rings. The van der Waals surface area contributed by atoms with Crippen molar-refractivity contribution in [2.24, 2.45) is 0 Å². The van der Waals surface area contributed by atoms with Crippen LogP contribution in [0.25, 0.3) is 0 Å². The minimum atomic E-state index is 0.574. The van der Waals surface area contributed by atoms with Gasteiger partial charge in [-0.2, -0.15) is 5.26 Å². The Bertz CT molecular complexity index is 352. The Hall–Kier alpha value is -1.12. The van der Waals surface area contributed by atoms with Gasteiger partial charge in [-0.1, -0.05) is 0 Å². The fourth-order valence-electron chi connectivity index (χ4n) is 1.49. The number of anilines is 1. The van der Waals surface area contributed by atoms with Crippen LogP contribution in [0.3, 0.4) is 0 Å². The van der Waals surface area contributed by atoms with Crippen LogP contribution >= 0.6 is 11.3 Å². The zero-order chi connectivity index (χ0) is 10.5. The van der Waals surface area contributed by atoms with E-state index in [1.807, 2.05) is 6.20 Å². The third-order valence-electron chi connectivity index (χ3n) is 2.31. The Morgan fingerprint density at radius 3 is 3.07 bits per heavy atom. The molecule has 1 aliphatic rings. The maximum atomic E-state index is 8.49. The number of rotatable bonds is 3. The summed E-state index contributed by atoms with van der Waals surface area (Å²) in [6.45, 7) is 3.41. The molecule has 1 saturated heterocycles. The molecule has 4 nitrogen and oxygen atoms in total. The molecule has 0 radical (unpaired) electrons. The van der Waals surface area contributed by atoms with E-state index < -0.39 is 0 Å². The Morgan fingerprint density at radius 1 is 1.53 bits per heavy atom. The topological polar surface area (TPSA) is 49.2 Å². The molecule has 1 aliphatic heterocycles. The van der Waals surface area contributed by atoms with E-state index in [0.29, 0.717) is 6.42 Å². The van der Waals surface area contributed by atoms with Gasteiger partial charge in [0.05, 0.1) is 19.3 Å². The predicted molar refractivity (Wildman–Crippen MR) is 59.1 cm³/mol. The van der Waals surface area contributed by atoms with Gasteiger partial charge in [-0.3, -0.25) is 0 Å². The van der Waals surface area contributed by atoms with Gasteiger partial charge in [-0.25, -0.2) is 4.98 Å². The van der Waals surface area contributed by atoms with E-state index in [1.165, 1.54) is 4.88 Å².